The molecule has 0 fully saturated rings. The molecule has 0 aliphatic carbocycles. The molecule has 6 aromatic carbocycles. The van der Waals surface area contributed by atoms with Gasteiger partial charge in [0.1, 0.15) is 47.2 Å². The molecule has 69 heavy (non-hydrogen) atoms. The fourth-order valence-corrected chi connectivity index (χ4v) is 8.88. The molecule has 10 rings (SSSR count). The predicted molar refractivity (Wildman–Crippen MR) is 273 cm³/mol. The van der Waals surface area contributed by atoms with E-state index in [-0.39, 0.29) is 0 Å². The van der Waals surface area contributed by atoms with E-state index in [0.717, 1.165) is 68.0 Å². The molecular weight excluding hydrogens is 857 g/mol. The highest BCUT2D eigenvalue weighted by Crippen LogP contribution is 2.39. The Balaban J connectivity index is 0.931. The lowest BCUT2D eigenvalue weighted by Gasteiger charge is -2.15. The third kappa shape index (κ3) is 10.2. The third-order valence-electron chi connectivity index (χ3n) is 11.7. The monoisotopic (exact) mass is 908 g/mol. The van der Waals surface area contributed by atoms with E-state index in [0.29, 0.717) is 64.0 Å². The van der Waals surface area contributed by atoms with Gasteiger partial charge in [0.15, 0.2) is 0 Å². The molecule has 0 saturated heterocycles. The van der Waals surface area contributed by atoms with Crippen molar-refractivity contribution in [3.63, 3.8) is 0 Å². The largest absolute Gasteiger partial charge is 0.457 e. The number of hydrogen-bond donors (Lipinski definition) is 0. The lowest BCUT2D eigenvalue weighted by atomic mass is 9.95. The highest BCUT2D eigenvalue weighted by Gasteiger charge is 2.18. The molecule has 4 heterocycles. The van der Waals surface area contributed by atoms with Crippen LogP contribution in [0.2, 0.25) is 0 Å². The van der Waals surface area contributed by atoms with Crippen molar-refractivity contribution in [1.29, 1.82) is 0 Å². The molecule has 0 N–H and O–H groups in total. The molecular formula is C59H52N6O4. The molecule has 0 aliphatic rings. The fraction of sp³-hybridized carbons (Fsp3) is 0.169. The zero-order chi connectivity index (χ0) is 47.4. The van der Waals surface area contributed by atoms with Crippen molar-refractivity contribution >= 4 is 21.8 Å². The van der Waals surface area contributed by atoms with E-state index in [4.69, 9.17) is 28.9 Å². The number of pyridine rings is 2. The molecule has 0 amide bonds. The maximum absolute atomic E-state index is 6.59. The summed E-state index contributed by atoms with van der Waals surface area (Å²) >= 11 is 0. The lowest BCUT2D eigenvalue weighted by Crippen LogP contribution is -2.01. The van der Waals surface area contributed by atoms with Gasteiger partial charge in [-0.25, -0.2) is 24.9 Å². The highest BCUT2D eigenvalue weighted by atomic mass is 16.5. The quantitative estimate of drug-likeness (QED) is 0.0994. The maximum Gasteiger partial charge on any atom is 0.237 e. The fourth-order valence-electron chi connectivity index (χ4n) is 8.88. The average molecular weight is 909 g/mol. The van der Waals surface area contributed by atoms with Crippen molar-refractivity contribution in [2.24, 2.45) is 11.8 Å². The zero-order valence-electron chi connectivity index (χ0n) is 39.6. The number of hydrogen-bond acceptors (Lipinski definition) is 9. The van der Waals surface area contributed by atoms with Gasteiger partial charge in [0.05, 0.1) is 11.0 Å². The lowest BCUT2D eigenvalue weighted by molar-refractivity contribution is 0.447. The van der Waals surface area contributed by atoms with E-state index in [1.54, 1.807) is 0 Å². The van der Waals surface area contributed by atoms with Gasteiger partial charge in [-0.1, -0.05) is 88.4 Å². The summed E-state index contributed by atoms with van der Waals surface area (Å²) in [6.45, 7) is 12.9. The van der Waals surface area contributed by atoms with Gasteiger partial charge in [0, 0.05) is 70.7 Å². The van der Waals surface area contributed by atoms with Crippen LogP contribution in [0.25, 0.3) is 50.0 Å². The number of rotatable bonds is 15. The van der Waals surface area contributed by atoms with Gasteiger partial charge in [-0.2, -0.15) is 0 Å². The summed E-state index contributed by atoms with van der Waals surface area (Å²) in [5.41, 5.74) is 10.5. The number of aromatic nitrogens is 6. The van der Waals surface area contributed by atoms with E-state index >= 15 is 0 Å². The van der Waals surface area contributed by atoms with Gasteiger partial charge in [-0.05, 0) is 120 Å². The summed E-state index contributed by atoms with van der Waals surface area (Å²) in [4.78, 5) is 22.7. The van der Waals surface area contributed by atoms with Gasteiger partial charge in [-0.3, -0.25) is 4.57 Å². The summed E-state index contributed by atoms with van der Waals surface area (Å²) in [6.07, 6.45) is 8.61. The topological polar surface area (TPSA) is 106 Å². The van der Waals surface area contributed by atoms with Crippen molar-refractivity contribution in [1.82, 2.24) is 29.5 Å². The molecule has 0 atom stereocenters. The summed E-state index contributed by atoms with van der Waals surface area (Å²) < 4.78 is 28.0. The zero-order valence-corrected chi connectivity index (χ0v) is 39.6. The summed E-state index contributed by atoms with van der Waals surface area (Å²) in [5, 5.41) is 1.99. The first-order valence-corrected chi connectivity index (χ1v) is 23.3. The Morgan fingerprint density at radius 3 is 1.28 bits per heavy atom. The first-order chi connectivity index (χ1) is 33.6. The van der Waals surface area contributed by atoms with Crippen LogP contribution in [0.3, 0.4) is 0 Å². The van der Waals surface area contributed by atoms with Crippen LogP contribution in [-0.4, -0.2) is 29.5 Å². The van der Waals surface area contributed by atoms with Crippen LogP contribution in [0.15, 0.2) is 171 Å². The summed E-state index contributed by atoms with van der Waals surface area (Å²) in [5.74, 6) is 6.22. The molecule has 10 heteroatoms. The van der Waals surface area contributed by atoms with E-state index < -0.39 is 0 Å². The Hall–Kier alpha value is -8.37. The minimum atomic E-state index is 0.460. The number of fused-ring (bicyclic) bond motifs is 3. The van der Waals surface area contributed by atoms with Crippen molar-refractivity contribution in [3.05, 3.63) is 193 Å². The number of ether oxygens (including phenoxy) is 4. The van der Waals surface area contributed by atoms with Crippen LogP contribution < -0.4 is 18.9 Å². The van der Waals surface area contributed by atoms with Crippen LogP contribution in [0, 0.1) is 25.7 Å². The van der Waals surface area contributed by atoms with Crippen LogP contribution in [0.5, 0.6) is 46.3 Å². The van der Waals surface area contributed by atoms with E-state index in [2.05, 4.69) is 115 Å². The van der Waals surface area contributed by atoms with E-state index in [1.165, 1.54) is 23.8 Å². The van der Waals surface area contributed by atoms with Crippen LogP contribution in [0.4, 0.5) is 0 Å². The number of benzene rings is 6. The molecule has 0 bridgehead atoms. The van der Waals surface area contributed by atoms with Crippen LogP contribution in [-0.2, 0) is 12.8 Å². The number of aryl methyl sites for hydroxylation is 2. The summed E-state index contributed by atoms with van der Waals surface area (Å²) in [7, 11) is 0. The predicted octanol–water partition coefficient (Wildman–Crippen LogP) is 15.3. The molecule has 0 radical (unpaired) electrons. The first-order valence-electron chi connectivity index (χ1n) is 23.3. The Bertz CT molecular complexity index is 3220. The van der Waals surface area contributed by atoms with Crippen molar-refractivity contribution < 1.29 is 18.9 Å². The minimum Gasteiger partial charge on any atom is -0.457 e. The Morgan fingerprint density at radius 2 is 0.855 bits per heavy atom. The molecule has 342 valence electrons. The average Bonchev–Trinajstić information content (AvgIpc) is 3.64. The smallest absolute Gasteiger partial charge is 0.237 e. The van der Waals surface area contributed by atoms with Crippen molar-refractivity contribution in [3.8, 4) is 74.5 Å². The molecule has 10 nitrogen and oxygen atoms in total. The van der Waals surface area contributed by atoms with Gasteiger partial charge >= 0.3 is 0 Å². The van der Waals surface area contributed by atoms with Gasteiger partial charge < -0.3 is 18.9 Å². The second-order valence-electron chi connectivity index (χ2n) is 18.3. The van der Waals surface area contributed by atoms with Gasteiger partial charge in [-0.15, -0.1) is 0 Å². The highest BCUT2D eigenvalue weighted by molar-refractivity contribution is 6.09. The summed E-state index contributed by atoms with van der Waals surface area (Å²) in [6, 6.07) is 48.6. The molecule has 4 aromatic heterocycles. The van der Waals surface area contributed by atoms with E-state index in [1.807, 2.05) is 104 Å². The standard InChI is InChI=1S/C59H52N6O4/c1-37(2)21-43-27-57(61-33-53(43)41-13-9-7-10-14-41)68-49-25-39(5)23-47(29-49)66-45-17-19-51-52-20-18-46(32-56(52)65(55(51)31-45)59-63-35-60-36-64-59)67-48-24-40(6)26-50(30-48)69-58-28-44(22-38(3)4)54(34-62-58)42-15-11-8-12-16-42/h7-20,23-38H,21-22H2,1-6H3. The Labute approximate surface area is 402 Å². The third-order valence-corrected chi connectivity index (χ3v) is 11.7. The van der Waals surface area contributed by atoms with E-state index in [9.17, 15) is 0 Å². The van der Waals surface area contributed by atoms with Crippen LogP contribution in [0.1, 0.15) is 49.9 Å². The second-order valence-corrected chi connectivity index (χ2v) is 18.3. The molecule has 10 aromatic rings. The SMILES string of the molecule is Cc1cc(Oc2ccc3c4ccc(Oc5cc(C)cc(Oc6cc(CC(C)C)c(-c7ccccc7)cn6)c5)cc4n(-c4ncncn4)c3c2)cc(Oc2cc(CC(C)C)c(-c3ccccc3)cn2)c1. The van der Waals surface area contributed by atoms with Gasteiger partial charge in [0.25, 0.3) is 0 Å². The first kappa shape index (κ1) is 44.5. The van der Waals surface area contributed by atoms with Crippen molar-refractivity contribution in [2.75, 3.05) is 0 Å². The normalized spacial score (nSPS) is 11.4. The van der Waals surface area contributed by atoms with Crippen LogP contribution >= 0.6 is 0 Å². The Kier molecular flexibility index (Phi) is 12.5. The molecule has 0 aliphatic heterocycles. The number of nitrogens with zero attached hydrogens (tertiary/aromatic N) is 6. The molecule has 0 saturated carbocycles. The van der Waals surface area contributed by atoms with Crippen molar-refractivity contribution in [2.45, 2.75) is 54.4 Å². The molecule has 0 unspecified atom stereocenters. The second kappa shape index (κ2) is 19.5. The van der Waals surface area contributed by atoms with Gasteiger partial charge in [0.2, 0.25) is 17.7 Å². The Morgan fingerprint density at radius 1 is 0.435 bits per heavy atom. The molecule has 0 spiro atoms. The maximum atomic E-state index is 6.59. The minimum absolute atomic E-state index is 0.460.